The molecule has 0 aliphatic carbocycles. The van der Waals surface area contributed by atoms with Crippen molar-refractivity contribution in [1.82, 2.24) is 0 Å². The Labute approximate surface area is 114 Å². The fourth-order valence-electron chi connectivity index (χ4n) is 1.76. The summed E-state index contributed by atoms with van der Waals surface area (Å²) in [6, 6.07) is 8.48. The van der Waals surface area contributed by atoms with Crippen LogP contribution in [0.5, 0.6) is 0 Å². The topological polar surface area (TPSA) is 69.2 Å². The van der Waals surface area contributed by atoms with Gasteiger partial charge in [0.25, 0.3) is 0 Å². The van der Waals surface area contributed by atoms with E-state index in [9.17, 15) is 14.7 Å². The first-order valence-electron chi connectivity index (χ1n) is 5.71. The summed E-state index contributed by atoms with van der Waals surface area (Å²) in [5.41, 5.74) is 1.10. The highest BCUT2D eigenvalue weighted by atomic mass is 32.1. The van der Waals surface area contributed by atoms with Crippen molar-refractivity contribution in [2.75, 3.05) is 5.32 Å². The summed E-state index contributed by atoms with van der Waals surface area (Å²) in [6.45, 7) is 1.64. The highest BCUT2D eigenvalue weighted by Crippen LogP contribution is 2.19. The standard InChI is InChI=1S/C14H13NO3S/c1-9-11(14(17)18)5-2-6-12(9)15-13(16)8-10-4-3-7-19-10/h2-7H,8H2,1H3,(H,15,16)(H,17,18)/p-1. The van der Waals surface area contributed by atoms with E-state index in [1.165, 1.54) is 17.4 Å². The molecule has 1 aromatic heterocycles. The number of nitrogens with one attached hydrogen (secondary N) is 1. The van der Waals surface area contributed by atoms with Crippen LogP contribution in [0.15, 0.2) is 35.7 Å². The van der Waals surface area contributed by atoms with Crippen LogP contribution in [0.4, 0.5) is 5.69 Å². The van der Waals surface area contributed by atoms with E-state index in [4.69, 9.17) is 0 Å². The maximum Gasteiger partial charge on any atom is 0.229 e. The fraction of sp³-hybridized carbons (Fsp3) is 0.143. The lowest BCUT2D eigenvalue weighted by atomic mass is 10.1. The van der Waals surface area contributed by atoms with Crippen LogP contribution in [0, 0.1) is 6.92 Å². The lowest BCUT2D eigenvalue weighted by molar-refractivity contribution is -0.255. The second-order valence-corrected chi connectivity index (χ2v) is 5.10. The van der Waals surface area contributed by atoms with Gasteiger partial charge in [0.05, 0.1) is 12.4 Å². The van der Waals surface area contributed by atoms with Gasteiger partial charge >= 0.3 is 0 Å². The smallest absolute Gasteiger partial charge is 0.229 e. The number of carboxylic acid groups (broad SMARTS) is 1. The summed E-state index contributed by atoms with van der Waals surface area (Å²) in [4.78, 5) is 23.7. The minimum atomic E-state index is -1.24. The number of amides is 1. The summed E-state index contributed by atoms with van der Waals surface area (Å²) in [7, 11) is 0. The molecule has 0 spiro atoms. The van der Waals surface area contributed by atoms with E-state index in [1.807, 2.05) is 17.5 Å². The Morgan fingerprint density at radius 1 is 1.26 bits per heavy atom. The van der Waals surface area contributed by atoms with Crippen LogP contribution in [0.25, 0.3) is 0 Å². The number of benzene rings is 1. The SMILES string of the molecule is Cc1c(NC(=O)Cc2cccs2)cccc1C(=O)[O-]. The molecule has 0 fully saturated rings. The van der Waals surface area contributed by atoms with Gasteiger partial charge in [-0.1, -0.05) is 18.2 Å². The van der Waals surface area contributed by atoms with Crippen molar-refractivity contribution >= 4 is 28.9 Å². The number of aromatic carboxylic acids is 1. The predicted molar refractivity (Wildman–Crippen MR) is 72.2 cm³/mol. The van der Waals surface area contributed by atoms with Gasteiger partial charge in [0, 0.05) is 16.1 Å². The average Bonchev–Trinajstić information content (AvgIpc) is 2.84. The van der Waals surface area contributed by atoms with Crippen LogP contribution in [0.2, 0.25) is 0 Å². The third-order valence-electron chi connectivity index (χ3n) is 2.74. The predicted octanol–water partition coefficient (Wildman–Crippen LogP) is 1.60. The molecule has 0 bridgehead atoms. The number of carbonyl (C=O) groups excluding carboxylic acids is 2. The molecule has 98 valence electrons. The van der Waals surface area contributed by atoms with Crippen molar-refractivity contribution in [2.45, 2.75) is 13.3 Å². The summed E-state index contributed by atoms with van der Waals surface area (Å²) in [5.74, 6) is -1.41. The van der Waals surface area contributed by atoms with Crippen LogP contribution in [-0.2, 0) is 11.2 Å². The summed E-state index contributed by atoms with van der Waals surface area (Å²) in [6.07, 6.45) is 0.284. The third-order valence-corrected chi connectivity index (χ3v) is 3.62. The zero-order valence-corrected chi connectivity index (χ0v) is 11.1. The summed E-state index contributed by atoms with van der Waals surface area (Å²) < 4.78 is 0. The van der Waals surface area contributed by atoms with E-state index >= 15 is 0 Å². The van der Waals surface area contributed by atoms with Gasteiger partial charge in [0.1, 0.15) is 0 Å². The van der Waals surface area contributed by atoms with E-state index in [1.54, 1.807) is 19.1 Å². The van der Waals surface area contributed by atoms with Crippen molar-refractivity contribution < 1.29 is 14.7 Å². The second-order valence-electron chi connectivity index (χ2n) is 4.07. The van der Waals surface area contributed by atoms with Gasteiger partial charge in [-0.05, 0) is 30.0 Å². The van der Waals surface area contributed by atoms with Crippen molar-refractivity contribution in [1.29, 1.82) is 0 Å². The first kappa shape index (κ1) is 13.3. The normalized spacial score (nSPS) is 10.2. The molecular weight excluding hydrogens is 262 g/mol. The van der Waals surface area contributed by atoms with E-state index in [0.29, 0.717) is 11.3 Å². The van der Waals surface area contributed by atoms with Crippen molar-refractivity contribution in [3.63, 3.8) is 0 Å². The summed E-state index contributed by atoms with van der Waals surface area (Å²) >= 11 is 1.51. The Morgan fingerprint density at radius 3 is 2.68 bits per heavy atom. The first-order valence-corrected chi connectivity index (χ1v) is 6.59. The molecule has 0 unspecified atom stereocenters. The van der Waals surface area contributed by atoms with Crippen molar-refractivity contribution in [2.24, 2.45) is 0 Å². The molecule has 0 aliphatic heterocycles. The zero-order chi connectivity index (χ0) is 13.8. The molecule has 0 saturated carbocycles. The van der Waals surface area contributed by atoms with E-state index in [2.05, 4.69) is 5.32 Å². The largest absolute Gasteiger partial charge is 0.545 e. The van der Waals surface area contributed by atoms with Crippen molar-refractivity contribution in [3.05, 3.63) is 51.7 Å². The van der Waals surface area contributed by atoms with Crippen LogP contribution >= 0.6 is 11.3 Å². The highest BCUT2D eigenvalue weighted by Gasteiger charge is 2.09. The second kappa shape index (κ2) is 5.67. The summed E-state index contributed by atoms with van der Waals surface area (Å²) in [5, 5.41) is 15.5. The van der Waals surface area contributed by atoms with Crippen molar-refractivity contribution in [3.8, 4) is 0 Å². The van der Waals surface area contributed by atoms with Crippen LogP contribution in [0.3, 0.4) is 0 Å². The van der Waals surface area contributed by atoms with Crippen LogP contribution < -0.4 is 10.4 Å². The average molecular weight is 274 g/mol. The lowest BCUT2D eigenvalue weighted by Gasteiger charge is -2.12. The maximum atomic E-state index is 11.8. The van der Waals surface area contributed by atoms with Gasteiger partial charge in [-0.15, -0.1) is 11.3 Å². The van der Waals surface area contributed by atoms with E-state index in [0.717, 1.165) is 4.88 Å². The number of thiophene rings is 1. The number of anilines is 1. The Hall–Kier alpha value is -2.14. The lowest BCUT2D eigenvalue weighted by Crippen LogP contribution is -2.24. The quantitative estimate of drug-likeness (QED) is 0.920. The molecule has 0 aliphatic rings. The Kier molecular flexibility index (Phi) is 3.97. The fourth-order valence-corrected chi connectivity index (χ4v) is 2.46. The Bertz CT molecular complexity index is 605. The van der Waals surface area contributed by atoms with Gasteiger partial charge in [0.15, 0.2) is 0 Å². The van der Waals surface area contributed by atoms with E-state index < -0.39 is 5.97 Å². The highest BCUT2D eigenvalue weighted by molar-refractivity contribution is 7.10. The molecule has 1 amide bonds. The van der Waals surface area contributed by atoms with E-state index in [-0.39, 0.29) is 17.9 Å². The number of rotatable bonds is 4. The number of hydrogen-bond donors (Lipinski definition) is 1. The molecule has 19 heavy (non-hydrogen) atoms. The molecule has 0 saturated heterocycles. The first-order chi connectivity index (χ1) is 9.08. The number of hydrogen-bond acceptors (Lipinski definition) is 4. The minimum Gasteiger partial charge on any atom is -0.545 e. The molecule has 1 heterocycles. The molecule has 1 N–H and O–H groups in total. The van der Waals surface area contributed by atoms with Gasteiger partial charge in [-0.25, -0.2) is 0 Å². The zero-order valence-electron chi connectivity index (χ0n) is 10.3. The molecule has 4 nitrogen and oxygen atoms in total. The van der Waals surface area contributed by atoms with Gasteiger partial charge < -0.3 is 15.2 Å². The molecular formula is C14H12NO3S-. The Balaban J connectivity index is 2.13. The number of carbonyl (C=O) groups is 2. The monoisotopic (exact) mass is 274 g/mol. The molecule has 2 aromatic rings. The third kappa shape index (κ3) is 3.20. The van der Waals surface area contributed by atoms with Gasteiger partial charge in [0.2, 0.25) is 5.91 Å². The molecule has 1 aromatic carbocycles. The molecule has 0 atom stereocenters. The van der Waals surface area contributed by atoms with Gasteiger partial charge in [-0.3, -0.25) is 4.79 Å². The molecule has 2 rings (SSSR count). The van der Waals surface area contributed by atoms with Crippen LogP contribution in [-0.4, -0.2) is 11.9 Å². The maximum absolute atomic E-state index is 11.8. The Morgan fingerprint density at radius 2 is 2.05 bits per heavy atom. The number of carboxylic acids is 1. The van der Waals surface area contributed by atoms with Crippen LogP contribution in [0.1, 0.15) is 20.8 Å². The van der Waals surface area contributed by atoms with Gasteiger partial charge in [-0.2, -0.15) is 0 Å². The molecule has 0 radical (unpaired) electrons. The molecule has 5 heteroatoms. The minimum absolute atomic E-state index is 0.0916.